The molecule has 5 heteroatoms. The maximum atomic E-state index is 13.3. The monoisotopic (exact) mass is 328 g/mol. The Hall–Kier alpha value is -2.14. The number of thioether (sulfide) groups is 1. The van der Waals surface area contributed by atoms with E-state index in [1.807, 2.05) is 6.07 Å². The smallest absolute Gasteiger partial charge is 0.259 e. The van der Waals surface area contributed by atoms with E-state index in [0.717, 1.165) is 5.75 Å². The minimum atomic E-state index is -0.402. The normalized spacial score (nSPS) is 14.0. The van der Waals surface area contributed by atoms with Crippen molar-refractivity contribution in [2.24, 2.45) is 4.99 Å². The largest absolute Gasteiger partial charge is 0.286 e. The number of amidine groups is 1. The van der Waals surface area contributed by atoms with Gasteiger partial charge in [0.25, 0.3) is 5.91 Å². The fourth-order valence-corrected chi connectivity index (χ4v) is 3.45. The van der Waals surface area contributed by atoms with E-state index in [4.69, 9.17) is 0 Å². The van der Waals surface area contributed by atoms with Crippen molar-refractivity contribution in [3.8, 4) is 0 Å². The summed E-state index contributed by atoms with van der Waals surface area (Å²) >= 11 is 1.54. The fourth-order valence-electron chi connectivity index (χ4n) is 2.47. The molecule has 0 aliphatic carbocycles. The van der Waals surface area contributed by atoms with Crippen LogP contribution in [0, 0.1) is 12.7 Å². The number of carbonyl (C=O) groups excluding carboxylic acids is 1. The SMILES string of the molecule is Cc1cccc(CSC2=NCCN2C(=O)c2cccc(F)c2)c1. The predicted molar refractivity (Wildman–Crippen MR) is 92.2 cm³/mol. The number of hydrogen-bond acceptors (Lipinski definition) is 3. The molecule has 1 heterocycles. The number of aryl methyl sites for hydroxylation is 1. The zero-order valence-electron chi connectivity index (χ0n) is 12.8. The highest BCUT2D eigenvalue weighted by Gasteiger charge is 2.25. The summed E-state index contributed by atoms with van der Waals surface area (Å²) in [4.78, 5) is 18.6. The molecule has 0 atom stereocenters. The molecule has 0 bridgehead atoms. The fraction of sp³-hybridized carbons (Fsp3) is 0.222. The van der Waals surface area contributed by atoms with Crippen molar-refractivity contribution in [1.29, 1.82) is 0 Å². The van der Waals surface area contributed by atoms with Crippen LogP contribution < -0.4 is 0 Å². The van der Waals surface area contributed by atoms with E-state index >= 15 is 0 Å². The second kappa shape index (κ2) is 6.96. The van der Waals surface area contributed by atoms with Gasteiger partial charge in [-0.2, -0.15) is 0 Å². The van der Waals surface area contributed by atoms with Gasteiger partial charge in [0, 0.05) is 17.9 Å². The van der Waals surface area contributed by atoms with Crippen LogP contribution in [0.5, 0.6) is 0 Å². The van der Waals surface area contributed by atoms with Crippen molar-refractivity contribution < 1.29 is 9.18 Å². The lowest BCUT2D eigenvalue weighted by atomic mass is 10.2. The van der Waals surface area contributed by atoms with Gasteiger partial charge in [-0.25, -0.2) is 4.39 Å². The molecule has 3 nitrogen and oxygen atoms in total. The summed E-state index contributed by atoms with van der Waals surface area (Å²) in [7, 11) is 0. The van der Waals surface area contributed by atoms with Crippen LogP contribution in [-0.4, -0.2) is 29.1 Å². The summed E-state index contributed by atoms with van der Waals surface area (Å²) in [6, 6.07) is 14.1. The van der Waals surface area contributed by atoms with Crippen molar-refractivity contribution in [2.45, 2.75) is 12.7 Å². The van der Waals surface area contributed by atoms with Crippen molar-refractivity contribution in [3.05, 3.63) is 71.0 Å². The van der Waals surface area contributed by atoms with E-state index in [2.05, 4.69) is 30.1 Å². The Morgan fingerprint density at radius 2 is 2.09 bits per heavy atom. The number of carbonyl (C=O) groups is 1. The Kier molecular flexibility index (Phi) is 4.76. The van der Waals surface area contributed by atoms with E-state index in [-0.39, 0.29) is 5.91 Å². The zero-order valence-corrected chi connectivity index (χ0v) is 13.6. The van der Waals surface area contributed by atoms with E-state index in [1.165, 1.54) is 23.3 Å². The second-order valence-electron chi connectivity index (χ2n) is 5.41. The Morgan fingerprint density at radius 1 is 1.26 bits per heavy atom. The van der Waals surface area contributed by atoms with Crippen molar-refractivity contribution in [3.63, 3.8) is 0 Å². The third-order valence-electron chi connectivity index (χ3n) is 3.57. The summed E-state index contributed by atoms with van der Waals surface area (Å²) < 4.78 is 13.3. The molecule has 0 saturated carbocycles. The number of hydrogen-bond donors (Lipinski definition) is 0. The quantitative estimate of drug-likeness (QED) is 0.856. The van der Waals surface area contributed by atoms with Crippen molar-refractivity contribution in [2.75, 3.05) is 13.1 Å². The summed E-state index contributed by atoms with van der Waals surface area (Å²) in [5.74, 6) is 0.159. The molecule has 0 spiro atoms. The van der Waals surface area contributed by atoms with E-state index in [9.17, 15) is 9.18 Å². The number of halogens is 1. The first-order valence-corrected chi connectivity index (χ1v) is 8.42. The molecule has 0 radical (unpaired) electrons. The molecule has 2 aromatic carbocycles. The van der Waals surface area contributed by atoms with Gasteiger partial charge in [0.1, 0.15) is 5.82 Å². The molecule has 0 fully saturated rings. The topological polar surface area (TPSA) is 32.7 Å². The second-order valence-corrected chi connectivity index (χ2v) is 6.35. The first kappa shape index (κ1) is 15.7. The number of benzene rings is 2. The van der Waals surface area contributed by atoms with E-state index < -0.39 is 5.82 Å². The van der Waals surface area contributed by atoms with Crippen LogP contribution in [0.15, 0.2) is 53.5 Å². The van der Waals surface area contributed by atoms with Gasteiger partial charge in [0.2, 0.25) is 0 Å². The van der Waals surface area contributed by atoms with Gasteiger partial charge in [0.05, 0.1) is 6.54 Å². The molecule has 1 amide bonds. The van der Waals surface area contributed by atoms with Crippen molar-refractivity contribution >= 4 is 22.8 Å². The maximum absolute atomic E-state index is 13.3. The molecule has 1 aliphatic heterocycles. The first-order valence-electron chi connectivity index (χ1n) is 7.44. The molecular formula is C18H17FN2OS. The van der Waals surface area contributed by atoms with Crippen LogP contribution in [0.4, 0.5) is 4.39 Å². The van der Waals surface area contributed by atoms with Gasteiger partial charge in [-0.3, -0.25) is 14.7 Å². The van der Waals surface area contributed by atoms with Gasteiger partial charge >= 0.3 is 0 Å². The third-order valence-corrected chi connectivity index (χ3v) is 4.65. The number of aliphatic imine (C=N–C) groups is 1. The molecular weight excluding hydrogens is 311 g/mol. The standard InChI is InChI=1S/C18H17FN2OS/c1-13-4-2-5-14(10-13)12-23-18-20-8-9-21(18)17(22)15-6-3-7-16(19)11-15/h2-7,10-11H,8-9,12H2,1H3. The summed E-state index contributed by atoms with van der Waals surface area (Å²) in [6.45, 7) is 3.20. The number of rotatable bonds is 3. The molecule has 23 heavy (non-hydrogen) atoms. The molecule has 2 aromatic rings. The molecule has 0 saturated heterocycles. The van der Waals surface area contributed by atoms with Gasteiger partial charge in [-0.1, -0.05) is 47.7 Å². The van der Waals surface area contributed by atoms with Crippen LogP contribution in [0.1, 0.15) is 21.5 Å². The highest BCUT2D eigenvalue weighted by Crippen LogP contribution is 2.22. The minimum Gasteiger partial charge on any atom is -0.286 e. The first-order chi connectivity index (χ1) is 11.1. The molecule has 0 aromatic heterocycles. The average molecular weight is 328 g/mol. The van der Waals surface area contributed by atoms with Gasteiger partial charge < -0.3 is 0 Å². The Labute approximate surface area is 139 Å². The Morgan fingerprint density at radius 3 is 2.87 bits per heavy atom. The Balaban J connectivity index is 1.69. The molecule has 0 N–H and O–H groups in total. The van der Waals surface area contributed by atoms with Crippen LogP contribution in [0.25, 0.3) is 0 Å². The lowest BCUT2D eigenvalue weighted by molar-refractivity contribution is 0.0860. The van der Waals surface area contributed by atoms with Crippen LogP contribution in [0.3, 0.4) is 0 Å². The Bertz CT molecular complexity index is 760. The van der Waals surface area contributed by atoms with Crippen molar-refractivity contribution in [1.82, 2.24) is 4.90 Å². The molecule has 118 valence electrons. The van der Waals surface area contributed by atoms with Crippen LogP contribution >= 0.6 is 11.8 Å². The summed E-state index contributed by atoms with van der Waals surface area (Å²) in [5.41, 5.74) is 2.77. The highest BCUT2D eigenvalue weighted by molar-refractivity contribution is 8.13. The minimum absolute atomic E-state index is 0.197. The van der Waals surface area contributed by atoms with Gasteiger partial charge in [-0.05, 0) is 30.7 Å². The maximum Gasteiger partial charge on any atom is 0.259 e. The van der Waals surface area contributed by atoms with Crippen LogP contribution in [-0.2, 0) is 5.75 Å². The molecule has 0 unspecified atom stereocenters. The predicted octanol–water partition coefficient (Wildman–Crippen LogP) is 3.88. The average Bonchev–Trinajstić information content (AvgIpc) is 3.01. The van der Waals surface area contributed by atoms with Gasteiger partial charge in [-0.15, -0.1) is 0 Å². The lowest BCUT2D eigenvalue weighted by Crippen LogP contribution is -2.32. The van der Waals surface area contributed by atoms with E-state index in [1.54, 1.807) is 28.8 Å². The van der Waals surface area contributed by atoms with E-state index in [0.29, 0.717) is 23.8 Å². The molecule has 1 aliphatic rings. The highest BCUT2D eigenvalue weighted by atomic mass is 32.2. The zero-order chi connectivity index (χ0) is 16.2. The third kappa shape index (κ3) is 3.79. The van der Waals surface area contributed by atoms with Gasteiger partial charge in [0.15, 0.2) is 5.17 Å². The summed E-state index contributed by atoms with van der Waals surface area (Å²) in [5, 5.41) is 0.709. The summed E-state index contributed by atoms with van der Waals surface area (Å²) in [6.07, 6.45) is 0. The lowest BCUT2D eigenvalue weighted by Gasteiger charge is -2.18. The van der Waals surface area contributed by atoms with Crippen LogP contribution in [0.2, 0.25) is 0 Å². The molecule has 3 rings (SSSR count). The number of amides is 1. The number of nitrogens with zero attached hydrogens (tertiary/aromatic N) is 2.